The van der Waals surface area contributed by atoms with E-state index in [0.717, 1.165) is 22.5 Å². The van der Waals surface area contributed by atoms with E-state index in [4.69, 9.17) is 11.6 Å². The van der Waals surface area contributed by atoms with Gasteiger partial charge in [-0.1, -0.05) is 47.2 Å². The molecule has 3 rings (SSSR count). The van der Waals surface area contributed by atoms with Crippen molar-refractivity contribution < 1.29 is 13.5 Å². The maximum Gasteiger partial charge on any atom is 0.307 e. The average Bonchev–Trinajstić information content (AvgIpc) is 2.92. The highest BCUT2D eigenvalue weighted by Crippen LogP contribution is 2.22. The van der Waals surface area contributed by atoms with Crippen molar-refractivity contribution in [3.8, 4) is 5.88 Å². The van der Waals surface area contributed by atoms with Crippen LogP contribution in [-0.2, 0) is 22.7 Å². The molecule has 5 nitrogen and oxygen atoms in total. The molecule has 0 aliphatic rings. The van der Waals surface area contributed by atoms with E-state index in [1.54, 1.807) is 36.4 Å². The molecule has 8 heteroatoms. The molecule has 3 aromatic rings. The minimum Gasteiger partial charge on any atom is -0.494 e. The summed E-state index contributed by atoms with van der Waals surface area (Å²) < 4.78 is 25.0. The number of H-pyrrole nitrogens is 1. The van der Waals surface area contributed by atoms with Crippen LogP contribution in [0.5, 0.6) is 5.88 Å². The van der Waals surface area contributed by atoms with E-state index >= 15 is 0 Å². The monoisotopic (exact) mass is 409 g/mol. The van der Waals surface area contributed by atoms with Crippen LogP contribution < -0.4 is 4.87 Å². The zero-order valence-corrected chi connectivity index (χ0v) is 16.0. The fraction of sp³-hybridized carbons (Fsp3) is 0.167. The summed E-state index contributed by atoms with van der Waals surface area (Å²) in [5.41, 5.74) is 1.72. The second-order valence-corrected chi connectivity index (χ2v) is 9.42. The number of benzene rings is 2. The quantitative estimate of drug-likeness (QED) is 0.653. The summed E-state index contributed by atoms with van der Waals surface area (Å²) in [4.78, 5) is 14.0. The third-order valence-corrected chi connectivity index (χ3v) is 6.78. The molecule has 0 saturated heterocycles. The molecule has 26 heavy (non-hydrogen) atoms. The fourth-order valence-electron chi connectivity index (χ4n) is 2.49. The van der Waals surface area contributed by atoms with Crippen LogP contribution in [0.2, 0.25) is 5.02 Å². The molecule has 2 aromatic carbocycles. The highest BCUT2D eigenvalue weighted by atomic mass is 35.5. The molecule has 1 heterocycles. The second kappa shape index (κ2) is 7.65. The fourth-order valence-corrected chi connectivity index (χ4v) is 4.67. The lowest BCUT2D eigenvalue weighted by molar-refractivity contribution is 0.451. The predicted molar refractivity (Wildman–Crippen MR) is 103 cm³/mol. The Hall–Kier alpha value is -2.09. The maximum absolute atomic E-state index is 12.5. The van der Waals surface area contributed by atoms with Gasteiger partial charge in [0.1, 0.15) is 0 Å². The van der Waals surface area contributed by atoms with Crippen molar-refractivity contribution in [3.63, 3.8) is 0 Å². The first kappa shape index (κ1) is 18.7. The van der Waals surface area contributed by atoms with Crippen LogP contribution >= 0.6 is 22.9 Å². The molecule has 0 bridgehead atoms. The summed E-state index contributed by atoms with van der Waals surface area (Å²) in [5.74, 6) is -0.131. The number of halogens is 1. The maximum atomic E-state index is 12.5. The smallest absolute Gasteiger partial charge is 0.307 e. The van der Waals surface area contributed by atoms with Gasteiger partial charge in [0.2, 0.25) is 5.88 Å². The van der Waals surface area contributed by atoms with Gasteiger partial charge in [0, 0.05) is 11.4 Å². The van der Waals surface area contributed by atoms with Gasteiger partial charge in [0.15, 0.2) is 9.84 Å². The Morgan fingerprint density at radius 1 is 1.00 bits per heavy atom. The van der Waals surface area contributed by atoms with E-state index < -0.39 is 9.84 Å². The molecular formula is C18H16ClNO4S2. The summed E-state index contributed by atoms with van der Waals surface area (Å²) in [6.07, 6.45) is 0.771. The number of sulfone groups is 1. The van der Waals surface area contributed by atoms with Crippen molar-refractivity contribution in [3.05, 3.63) is 79.2 Å². The molecule has 0 aliphatic heterocycles. The van der Waals surface area contributed by atoms with E-state index in [0.29, 0.717) is 22.7 Å². The molecule has 0 amide bonds. The summed E-state index contributed by atoms with van der Waals surface area (Å²) in [6.45, 7) is 0. The largest absolute Gasteiger partial charge is 0.494 e. The van der Waals surface area contributed by atoms with Gasteiger partial charge in [-0.25, -0.2) is 8.42 Å². The lowest BCUT2D eigenvalue weighted by Crippen LogP contribution is -2.09. The predicted octanol–water partition coefficient (Wildman–Crippen LogP) is 3.40. The summed E-state index contributed by atoms with van der Waals surface area (Å²) in [7, 11) is -3.40. The van der Waals surface area contributed by atoms with Gasteiger partial charge in [0.05, 0.1) is 15.5 Å². The standard InChI is InChI=1S/C18H16ClNO4S2/c19-14-5-1-12(2-6-14)9-10-26(23,24)15-7-3-13(4-8-15)11-16-17(21)20-18(22)25-16/h1-8,21H,9-11H2,(H,20,22). The summed E-state index contributed by atoms with van der Waals surface area (Å²) >= 11 is 6.77. The minimum absolute atomic E-state index is 0.00813. The Balaban J connectivity index is 1.69. The number of thiazole rings is 1. The Morgan fingerprint density at radius 3 is 2.19 bits per heavy atom. The van der Waals surface area contributed by atoms with Crippen LogP contribution in [-0.4, -0.2) is 24.3 Å². The molecule has 136 valence electrons. The summed E-state index contributed by atoms with van der Waals surface area (Å²) in [6, 6.07) is 13.6. The third-order valence-electron chi connectivity index (χ3n) is 3.92. The van der Waals surface area contributed by atoms with Gasteiger partial charge >= 0.3 is 4.87 Å². The SMILES string of the molecule is O=c1[nH]c(O)c(Cc2ccc(S(=O)(=O)CCc3ccc(Cl)cc3)cc2)s1. The first-order valence-electron chi connectivity index (χ1n) is 7.80. The van der Waals surface area contributed by atoms with Crippen molar-refractivity contribution in [2.75, 3.05) is 5.75 Å². The molecule has 0 aliphatic carbocycles. The zero-order valence-electron chi connectivity index (χ0n) is 13.6. The minimum atomic E-state index is -3.40. The molecule has 1 aromatic heterocycles. The van der Waals surface area contributed by atoms with Crippen molar-refractivity contribution in [2.24, 2.45) is 0 Å². The molecule has 0 atom stereocenters. The first-order chi connectivity index (χ1) is 12.3. The highest BCUT2D eigenvalue weighted by molar-refractivity contribution is 7.91. The molecule has 0 spiro atoms. The molecule has 2 N–H and O–H groups in total. The topological polar surface area (TPSA) is 87.2 Å². The van der Waals surface area contributed by atoms with Crippen molar-refractivity contribution in [1.82, 2.24) is 4.98 Å². The lowest BCUT2D eigenvalue weighted by atomic mass is 10.1. The van der Waals surface area contributed by atoms with Crippen LogP contribution in [0.15, 0.2) is 58.2 Å². The van der Waals surface area contributed by atoms with Crippen LogP contribution in [0, 0.1) is 0 Å². The molecule has 0 radical (unpaired) electrons. The van der Waals surface area contributed by atoms with E-state index in [2.05, 4.69) is 4.98 Å². The van der Waals surface area contributed by atoms with E-state index in [9.17, 15) is 18.3 Å². The van der Waals surface area contributed by atoms with E-state index in [1.165, 1.54) is 0 Å². The number of rotatable bonds is 6. The van der Waals surface area contributed by atoms with Crippen LogP contribution in [0.4, 0.5) is 0 Å². The molecule has 0 saturated carbocycles. The number of nitrogens with one attached hydrogen (secondary N) is 1. The second-order valence-electron chi connectivity index (χ2n) is 5.80. The number of hydrogen-bond acceptors (Lipinski definition) is 5. The van der Waals surface area contributed by atoms with Gasteiger partial charge < -0.3 is 5.11 Å². The molecule has 0 fully saturated rings. The van der Waals surface area contributed by atoms with E-state index in [-0.39, 0.29) is 21.4 Å². The number of aromatic hydroxyl groups is 1. The van der Waals surface area contributed by atoms with Crippen LogP contribution in [0.1, 0.15) is 16.0 Å². The normalized spacial score (nSPS) is 11.6. The van der Waals surface area contributed by atoms with Gasteiger partial charge in [-0.15, -0.1) is 0 Å². The van der Waals surface area contributed by atoms with Crippen LogP contribution in [0.3, 0.4) is 0 Å². The Bertz CT molecular complexity index is 1050. The Labute approximate surface area is 159 Å². The van der Waals surface area contributed by atoms with Gasteiger partial charge in [0.25, 0.3) is 0 Å². The van der Waals surface area contributed by atoms with E-state index in [1.807, 2.05) is 12.1 Å². The number of aromatic amines is 1. The zero-order chi connectivity index (χ0) is 18.7. The highest BCUT2D eigenvalue weighted by Gasteiger charge is 2.15. The van der Waals surface area contributed by atoms with Crippen molar-refractivity contribution >= 4 is 32.8 Å². The molecular weight excluding hydrogens is 394 g/mol. The molecule has 0 unspecified atom stereocenters. The van der Waals surface area contributed by atoms with Crippen molar-refractivity contribution in [2.45, 2.75) is 17.7 Å². The number of aromatic nitrogens is 1. The average molecular weight is 410 g/mol. The van der Waals surface area contributed by atoms with Gasteiger partial charge in [-0.05, 0) is 41.8 Å². The van der Waals surface area contributed by atoms with Gasteiger partial charge in [-0.2, -0.15) is 0 Å². The Morgan fingerprint density at radius 2 is 1.62 bits per heavy atom. The summed E-state index contributed by atoms with van der Waals surface area (Å²) in [5, 5.41) is 10.2. The van der Waals surface area contributed by atoms with Crippen LogP contribution in [0.25, 0.3) is 0 Å². The number of hydrogen-bond donors (Lipinski definition) is 2. The lowest BCUT2D eigenvalue weighted by Gasteiger charge is -2.06. The first-order valence-corrected chi connectivity index (χ1v) is 10.7. The van der Waals surface area contributed by atoms with Gasteiger partial charge in [-0.3, -0.25) is 9.78 Å². The number of aryl methyl sites for hydroxylation is 1. The van der Waals surface area contributed by atoms with Crippen molar-refractivity contribution in [1.29, 1.82) is 0 Å². The third kappa shape index (κ3) is 4.55. The Kier molecular flexibility index (Phi) is 5.50.